The molecule has 0 saturated heterocycles. The first-order valence-electron chi connectivity index (χ1n) is 7.67. The second-order valence-electron chi connectivity index (χ2n) is 5.98. The van der Waals surface area contributed by atoms with Crippen LogP contribution in [0.25, 0.3) is 0 Å². The molecule has 0 bridgehead atoms. The smallest absolute Gasteiger partial charge is 0.393 e. The van der Waals surface area contributed by atoms with Crippen LogP contribution in [0.15, 0.2) is 24.3 Å². The zero-order valence-corrected chi connectivity index (χ0v) is 12.9. The Balaban J connectivity index is 2.03. The lowest BCUT2D eigenvalue weighted by Gasteiger charge is -2.20. The highest BCUT2D eigenvalue weighted by molar-refractivity contribution is 5.74. The van der Waals surface area contributed by atoms with Gasteiger partial charge in [-0.1, -0.05) is 12.1 Å². The van der Waals surface area contributed by atoms with Crippen LogP contribution in [0, 0.1) is 5.92 Å². The number of nitrogens with one attached hydrogen (secondary N) is 2. The predicted molar refractivity (Wildman–Crippen MR) is 79.7 cm³/mol. The molecule has 7 heteroatoms. The second-order valence-corrected chi connectivity index (χ2v) is 5.98. The van der Waals surface area contributed by atoms with Gasteiger partial charge in [0.05, 0.1) is 17.7 Å². The van der Waals surface area contributed by atoms with Crippen molar-refractivity contribution in [2.45, 2.75) is 44.5 Å². The molecule has 1 aliphatic carbocycles. The fraction of sp³-hybridized carbons (Fsp3) is 0.562. The van der Waals surface area contributed by atoms with Gasteiger partial charge in [-0.2, -0.15) is 13.2 Å². The summed E-state index contributed by atoms with van der Waals surface area (Å²) in [4.78, 5) is 11.9. The first kappa shape index (κ1) is 17.6. The van der Waals surface area contributed by atoms with Gasteiger partial charge in [0.1, 0.15) is 0 Å². The van der Waals surface area contributed by atoms with Gasteiger partial charge in [0, 0.05) is 6.54 Å². The van der Waals surface area contributed by atoms with Crippen molar-refractivity contribution in [1.29, 1.82) is 0 Å². The van der Waals surface area contributed by atoms with Gasteiger partial charge < -0.3 is 15.7 Å². The van der Waals surface area contributed by atoms with Crippen LogP contribution in [-0.2, 0) is 6.18 Å². The lowest BCUT2D eigenvalue weighted by Crippen LogP contribution is -2.39. The molecule has 23 heavy (non-hydrogen) atoms. The number of halogens is 3. The van der Waals surface area contributed by atoms with Crippen LogP contribution in [0.1, 0.15) is 43.4 Å². The third-order valence-electron chi connectivity index (χ3n) is 3.80. The Hall–Kier alpha value is -1.76. The van der Waals surface area contributed by atoms with E-state index in [4.69, 9.17) is 5.11 Å². The number of alkyl halides is 3. The minimum atomic E-state index is -4.40. The molecule has 0 spiro atoms. The quantitative estimate of drug-likeness (QED) is 0.750. The minimum Gasteiger partial charge on any atom is -0.393 e. The summed E-state index contributed by atoms with van der Waals surface area (Å²) in [6, 6.07) is 4.23. The molecule has 2 atom stereocenters. The molecular formula is C16H21F3N2O2. The van der Waals surface area contributed by atoms with E-state index in [-0.39, 0.29) is 5.92 Å². The summed E-state index contributed by atoms with van der Waals surface area (Å²) in [5, 5.41) is 14.5. The van der Waals surface area contributed by atoms with Gasteiger partial charge in [-0.15, -0.1) is 0 Å². The Bertz CT molecular complexity index is 542. The minimum absolute atomic E-state index is 0.168. The van der Waals surface area contributed by atoms with Crippen LogP contribution in [0.3, 0.4) is 0 Å². The van der Waals surface area contributed by atoms with E-state index in [1.54, 1.807) is 13.0 Å². The molecule has 1 fully saturated rings. The molecule has 0 radical (unpaired) electrons. The van der Waals surface area contributed by atoms with Gasteiger partial charge in [-0.3, -0.25) is 0 Å². The van der Waals surface area contributed by atoms with Crippen LogP contribution >= 0.6 is 0 Å². The number of rotatable bonds is 6. The summed E-state index contributed by atoms with van der Waals surface area (Å²) in [5.74, 6) is 0.168. The normalized spacial score (nSPS) is 17.4. The van der Waals surface area contributed by atoms with Gasteiger partial charge >= 0.3 is 12.2 Å². The molecule has 2 amide bonds. The Morgan fingerprint density at radius 1 is 1.39 bits per heavy atom. The summed E-state index contributed by atoms with van der Waals surface area (Å²) in [5.41, 5.74) is -0.245. The lowest BCUT2D eigenvalue weighted by atomic mass is 10.00. The number of aliphatic hydroxyl groups is 1. The molecule has 2 rings (SSSR count). The van der Waals surface area contributed by atoms with Crippen molar-refractivity contribution in [1.82, 2.24) is 10.6 Å². The number of aliphatic hydroxyl groups excluding tert-OH is 1. The van der Waals surface area contributed by atoms with Gasteiger partial charge in [-0.05, 0) is 49.8 Å². The fourth-order valence-electron chi connectivity index (χ4n) is 2.40. The van der Waals surface area contributed by atoms with Crippen molar-refractivity contribution < 1.29 is 23.1 Å². The number of carbonyl (C=O) groups is 1. The highest BCUT2D eigenvalue weighted by atomic mass is 19.4. The molecule has 0 heterocycles. The van der Waals surface area contributed by atoms with E-state index in [9.17, 15) is 18.0 Å². The van der Waals surface area contributed by atoms with E-state index < -0.39 is 29.9 Å². The number of carbonyl (C=O) groups excluding carboxylic acids is 1. The highest BCUT2D eigenvalue weighted by Crippen LogP contribution is 2.42. The van der Waals surface area contributed by atoms with Crippen molar-refractivity contribution in [3.05, 3.63) is 35.4 Å². The number of hydrogen-bond acceptors (Lipinski definition) is 2. The molecule has 4 nitrogen and oxygen atoms in total. The maximum atomic E-state index is 12.8. The summed E-state index contributed by atoms with van der Waals surface area (Å²) < 4.78 is 38.5. The van der Waals surface area contributed by atoms with Gasteiger partial charge in [0.25, 0.3) is 0 Å². The molecule has 1 aliphatic rings. The molecule has 1 aromatic carbocycles. The van der Waals surface area contributed by atoms with Gasteiger partial charge in [0.2, 0.25) is 0 Å². The Kier molecular flexibility index (Phi) is 5.51. The number of amides is 2. The molecule has 3 N–H and O–H groups in total. The van der Waals surface area contributed by atoms with Crippen molar-refractivity contribution in [2.75, 3.05) is 6.54 Å². The monoisotopic (exact) mass is 330 g/mol. The van der Waals surface area contributed by atoms with E-state index in [1.165, 1.54) is 6.07 Å². The maximum Gasteiger partial charge on any atom is 0.416 e. The lowest BCUT2D eigenvalue weighted by molar-refractivity contribution is -0.137. The predicted octanol–water partition coefficient (Wildman–Crippen LogP) is 3.23. The SMILES string of the molecule is CC(O)CCNC(=O)NC(c1cccc(C(F)(F)F)c1)C1CC1. The molecule has 0 aliphatic heterocycles. The first-order chi connectivity index (χ1) is 10.8. The molecule has 128 valence electrons. The third-order valence-corrected chi connectivity index (χ3v) is 3.80. The summed E-state index contributed by atoms with van der Waals surface area (Å²) in [7, 11) is 0. The zero-order chi connectivity index (χ0) is 17.0. The molecule has 1 aromatic rings. The van der Waals surface area contributed by atoms with Crippen molar-refractivity contribution in [3.63, 3.8) is 0 Å². The third kappa shape index (κ3) is 5.42. The van der Waals surface area contributed by atoms with E-state index in [2.05, 4.69) is 10.6 Å². The Morgan fingerprint density at radius 3 is 2.65 bits per heavy atom. The molecule has 2 unspecified atom stereocenters. The van der Waals surface area contributed by atoms with Crippen LogP contribution < -0.4 is 10.6 Å². The van der Waals surface area contributed by atoms with Crippen LogP contribution in [0.4, 0.5) is 18.0 Å². The average Bonchev–Trinajstić information content (AvgIpc) is 3.28. The van der Waals surface area contributed by atoms with E-state index >= 15 is 0 Å². The second kappa shape index (κ2) is 7.21. The first-order valence-corrected chi connectivity index (χ1v) is 7.67. The van der Waals surface area contributed by atoms with Gasteiger partial charge in [0.15, 0.2) is 0 Å². The van der Waals surface area contributed by atoms with Crippen molar-refractivity contribution in [2.24, 2.45) is 5.92 Å². The number of benzene rings is 1. The Morgan fingerprint density at radius 2 is 2.09 bits per heavy atom. The standard InChI is InChI=1S/C16H21F3N2O2/c1-10(22)7-8-20-15(23)21-14(11-5-6-11)12-3-2-4-13(9-12)16(17,18)19/h2-4,9-11,14,22H,5-8H2,1H3,(H2,20,21,23). The van der Waals surface area contributed by atoms with Crippen LogP contribution in [0.2, 0.25) is 0 Å². The van der Waals surface area contributed by atoms with Crippen molar-refractivity contribution in [3.8, 4) is 0 Å². The summed E-state index contributed by atoms with van der Waals surface area (Å²) in [6.45, 7) is 1.93. The fourth-order valence-corrected chi connectivity index (χ4v) is 2.40. The molecular weight excluding hydrogens is 309 g/mol. The summed E-state index contributed by atoms with van der Waals surface area (Å²) in [6.07, 6.45) is -2.73. The molecule has 0 aromatic heterocycles. The number of urea groups is 1. The largest absolute Gasteiger partial charge is 0.416 e. The van der Waals surface area contributed by atoms with Crippen molar-refractivity contribution >= 4 is 6.03 Å². The van der Waals surface area contributed by atoms with Gasteiger partial charge in [-0.25, -0.2) is 4.79 Å². The maximum absolute atomic E-state index is 12.8. The van der Waals surface area contributed by atoms with Crippen LogP contribution in [0.5, 0.6) is 0 Å². The zero-order valence-electron chi connectivity index (χ0n) is 12.9. The highest BCUT2D eigenvalue weighted by Gasteiger charge is 2.36. The van der Waals surface area contributed by atoms with E-state index in [0.29, 0.717) is 18.5 Å². The summed E-state index contributed by atoms with van der Waals surface area (Å²) >= 11 is 0. The number of hydrogen-bond donors (Lipinski definition) is 3. The molecule has 1 saturated carbocycles. The topological polar surface area (TPSA) is 61.4 Å². The van der Waals surface area contributed by atoms with E-state index in [1.807, 2.05) is 0 Å². The van der Waals surface area contributed by atoms with Crippen LogP contribution in [-0.4, -0.2) is 23.8 Å². The average molecular weight is 330 g/mol. The van der Waals surface area contributed by atoms with E-state index in [0.717, 1.165) is 25.0 Å². The Labute approximate surface area is 133 Å².